The highest BCUT2D eigenvalue weighted by Gasteiger charge is 2.05. The molecule has 0 aliphatic carbocycles. The van der Waals surface area contributed by atoms with Gasteiger partial charge in [-0.1, -0.05) is 42.5 Å². The molecule has 0 bridgehead atoms. The van der Waals surface area contributed by atoms with Crippen LogP contribution in [0.5, 0.6) is 5.75 Å². The SMILES string of the molecule is COc1ccccc1NCCC(=O)Nc1ccc2ccccc2c1. The number of amides is 1. The molecule has 4 nitrogen and oxygen atoms in total. The molecule has 0 aliphatic rings. The third kappa shape index (κ3) is 3.84. The van der Waals surface area contributed by atoms with Crippen LogP contribution in [-0.2, 0) is 4.79 Å². The molecule has 0 radical (unpaired) electrons. The molecule has 122 valence electrons. The van der Waals surface area contributed by atoms with Gasteiger partial charge in [-0.2, -0.15) is 0 Å². The fourth-order valence-electron chi connectivity index (χ4n) is 2.59. The van der Waals surface area contributed by atoms with E-state index in [4.69, 9.17) is 4.74 Å². The second-order valence-corrected chi connectivity index (χ2v) is 5.49. The number of fused-ring (bicyclic) bond motifs is 1. The molecule has 0 saturated heterocycles. The summed E-state index contributed by atoms with van der Waals surface area (Å²) in [6.45, 7) is 0.541. The molecule has 0 spiro atoms. The molecule has 0 aromatic heterocycles. The zero-order valence-corrected chi connectivity index (χ0v) is 13.6. The van der Waals surface area contributed by atoms with Gasteiger partial charge in [0.1, 0.15) is 5.75 Å². The van der Waals surface area contributed by atoms with Gasteiger partial charge >= 0.3 is 0 Å². The van der Waals surface area contributed by atoms with Gasteiger partial charge in [0.2, 0.25) is 5.91 Å². The Bertz CT molecular complexity index is 846. The number of hydrogen-bond acceptors (Lipinski definition) is 3. The topological polar surface area (TPSA) is 50.4 Å². The summed E-state index contributed by atoms with van der Waals surface area (Å²) in [5.41, 5.74) is 1.70. The minimum atomic E-state index is -0.0207. The number of rotatable bonds is 6. The Morgan fingerprint density at radius 1 is 0.958 bits per heavy atom. The van der Waals surface area contributed by atoms with Crippen molar-refractivity contribution in [1.29, 1.82) is 0 Å². The first-order valence-electron chi connectivity index (χ1n) is 7.92. The molecular formula is C20H20N2O2. The fraction of sp³-hybridized carbons (Fsp3) is 0.150. The van der Waals surface area contributed by atoms with Crippen LogP contribution in [0.4, 0.5) is 11.4 Å². The predicted molar refractivity (Wildman–Crippen MR) is 98.7 cm³/mol. The summed E-state index contributed by atoms with van der Waals surface area (Å²) in [6, 6.07) is 21.7. The third-order valence-corrected chi connectivity index (χ3v) is 3.81. The van der Waals surface area contributed by atoms with Gasteiger partial charge in [-0.15, -0.1) is 0 Å². The predicted octanol–water partition coefficient (Wildman–Crippen LogP) is 4.29. The summed E-state index contributed by atoms with van der Waals surface area (Å²) in [5.74, 6) is 0.750. The molecule has 0 aliphatic heterocycles. The Labute approximate surface area is 141 Å². The van der Waals surface area contributed by atoms with Gasteiger partial charge in [-0.25, -0.2) is 0 Å². The van der Waals surface area contributed by atoms with Crippen LogP contribution in [0.3, 0.4) is 0 Å². The molecular weight excluding hydrogens is 300 g/mol. The van der Waals surface area contributed by atoms with E-state index in [0.717, 1.165) is 27.9 Å². The lowest BCUT2D eigenvalue weighted by Gasteiger charge is -2.11. The molecule has 2 N–H and O–H groups in total. The van der Waals surface area contributed by atoms with Crippen molar-refractivity contribution in [1.82, 2.24) is 0 Å². The second-order valence-electron chi connectivity index (χ2n) is 5.49. The molecule has 24 heavy (non-hydrogen) atoms. The molecule has 0 saturated carbocycles. The van der Waals surface area contributed by atoms with E-state index in [1.165, 1.54) is 0 Å². The highest BCUT2D eigenvalue weighted by Crippen LogP contribution is 2.23. The Morgan fingerprint density at radius 2 is 1.71 bits per heavy atom. The molecule has 0 heterocycles. The van der Waals surface area contributed by atoms with Gasteiger partial charge in [-0.05, 0) is 35.0 Å². The molecule has 3 aromatic carbocycles. The van der Waals surface area contributed by atoms with E-state index in [0.29, 0.717) is 13.0 Å². The molecule has 0 unspecified atom stereocenters. The van der Waals surface area contributed by atoms with Gasteiger partial charge < -0.3 is 15.4 Å². The van der Waals surface area contributed by atoms with Crippen molar-refractivity contribution in [2.45, 2.75) is 6.42 Å². The van der Waals surface area contributed by atoms with Gasteiger partial charge in [-0.3, -0.25) is 4.79 Å². The molecule has 4 heteroatoms. The largest absolute Gasteiger partial charge is 0.495 e. The number of para-hydroxylation sites is 2. The summed E-state index contributed by atoms with van der Waals surface area (Å²) in [5, 5.41) is 8.44. The summed E-state index contributed by atoms with van der Waals surface area (Å²) >= 11 is 0. The van der Waals surface area contributed by atoms with Crippen molar-refractivity contribution in [3.63, 3.8) is 0 Å². The van der Waals surface area contributed by atoms with Gasteiger partial charge in [0.25, 0.3) is 0 Å². The number of benzene rings is 3. The lowest BCUT2D eigenvalue weighted by atomic mass is 10.1. The average Bonchev–Trinajstić information content (AvgIpc) is 2.62. The number of methoxy groups -OCH3 is 1. The zero-order valence-electron chi connectivity index (χ0n) is 13.6. The maximum atomic E-state index is 12.1. The second kappa shape index (κ2) is 7.51. The van der Waals surface area contributed by atoms with Gasteiger partial charge in [0, 0.05) is 18.7 Å². The fourth-order valence-corrected chi connectivity index (χ4v) is 2.59. The molecule has 3 aromatic rings. The van der Waals surface area contributed by atoms with Crippen molar-refractivity contribution >= 4 is 28.1 Å². The Balaban J connectivity index is 1.55. The van der Waals surface area contributed by atoms with Gasteiger partial charge in [0.15, 0.2) is 0 Å². The maximum Gasteiger partial charge on any atom is 0.226 e. The van der Waals surface area contributed by atoms with Crippen LogP contribution in [0.25, 0.3) is 10.8 Å². The van der Waals surface area contributed by atoms with Crippen molar-refractivity contribution in [2.75, 3.05) is 24.3 Å². The number of carbonyl (C=O) groups excluding carboxylic acids is 1. The highest BCUT2D eigenvalue weighted by atomic mass is 16.5. The van der Waals surface area contributed by atoms with Crippen molar-refractivity contribution in [2.24, 2.45) is 0 Å². The summed E-state index contributed by atoms with van der Waals surface area (Å²) in [4.78, 5) is 12.1. The van der Waals surface area contributed by atoms with Crippen LogP contribution in [0.2, 0.25) is 0 Å². The van der Waals surface area contributed by atoms with Crippen molar-refractivity contribution in [3.8, 4) is 5.75 Å². The van der Waals surface area contributed by atoms with Crippen LogP contribution >= 0.6 is 0 Å². The number of nitrogens with one attached hydrogen (secondary N) is 2. The van der Waals surface area contributed by atoms with Crippen LogP contribution < -0.4 is 15.4 Å². The van der Waals surface area contributed by atoms with E-state index in [1.54, 1.807) is 7.11 Å². The third-order valence-electron chi connectivity index (χ3n) is 3.81. The normalized spacial score (nSPS) is 10.4. The highest BCUT2D eigenvalue weighted by molar-refractivity contribution is 5.94. The maximum absolute atomic E-state index is 12.1. The van der Waals surface area contributed by atoms with E-state index in [9.17, 15) is 4.79 Å². The van der Waals surface area contributed by atoms with Crippen LogP contribution in [0, 0.1) is 0 Å². The van der Waals surface area contributed by atoms with Crippen molar-refractivity contribution < 1.29 is 9.53 Å². The Kier molecular flexibility index (Phi) is 4.96. The quantitative estimate of drug-likeness (QED) is 0.712. The first kappa shape index (κ1) is 15.9. The summed E-state index contributed by atoms with van der Waals surface area (Å²) in [6.07, 6.45) is 0.380. The van der Waals surface area contributed by atoms with Crippen LogP contribution in [-0.4, -0.2) is 19.6 Å². The lowest BCUT2D eigenvalue weighted by Crippen LogP contribution is -2.16. The van der Waals surface area contributed by atoms with E-state index in [1.807, 2.05) is 60.7 Å². The standard InChI is InChI=1S/C20H20N2O2/c1-24-19-9-5-4-8-18(19)21-13-12-20(23)22-17-11-10-15-6-2-3-7-16(15)14-17/h2-11,14,21H,12-13H2,1H3,(H,22,23). The number of ether oxygens (including phenoxy) is 1. The zero-order chi connectivity index (χ0) is 16.8. The minimum Gasteiger partial charge on any atom is -0.495 e. The minimum absolute atomic E-state index is 0.0207. The van der Waals surface area contributed by atoms with E-state index in [2.05, 4.69) is 16.7 Å². The monoisotopic (exact) mass is 320 g/mol. The van der Waals surface area contributed by atoms with Crippen molar-refractivity contribution in [3.05, 3.63) is 66.7 Å². The summed E-state index contributed by atoms with van der Waals surface area (Å²) < 4.78 is 5.28. The Hall–Kier alpha value is -3.01. The number of hydrogen-bond donors (Lipinski definition) is 2. The molecule has 1 amide bonds. The van der Waals surface area contributed by atoms with E-state index < -0.39 is 0 Å². The Morgan fingerprint density at radius 3 is 2.54 bits per heavy atom. The average molecular weight is 320 g/mol. The van der Waals surface area contributed by atoms with E-state index >= 15 is 0 Å². The number of anilines is 2. The first-order chi connectivity index (χ1) is 11.8. The molecule has 0 fully saturated rings. The number of carbonyl (C=O) groups is 1. The summed E-state index contributed by atoms with van der Waals surface area (Å²) in [7, 11) is 1.63. The molecule has 3 rings (SSSR count). The van der Waals surface area contributed by atoms with Crippen LogP contribution in [0.1, 0.15) is 6.42 Å². The van der Waals surface area contributed by atoms with Crippen LogP contribution in [0.15, 0.2) is 66.7 Å². The van der Waals surface area contributed by atoms with E-state index in [-0.39, 0.29) is 5.91 Å². The first-order valence-corrected chi connectivity index (χ1v) is 7.92. The lowest BCUT2D eigenvalue weighted by molar-refractivity contribution is -0.115. The smallest absolute Gasteiger partial charge is 0.226 e. The molecule has 0 atom stereocenters. The van der Waals surface area contributed by atoms with Gasteiger partial charge in [0.05, 0.1) is 12.8 Å².